The zero-order valence-electron chi connectivity index (χ0n) is 10.8. The van der Waals surface area contributed by atoms with E-state index in [1.165, 1.54) is 32.4 Å². The lowest BCUT2D eigenvalue weighted by molar-refractivity contribution is -0.131. The first-order valence-corrected chi connectivity index (χ1v) is 6.53. The number of carbonyl (C=O) groups is 1. The van der Waals surface area contributed by atoms with Crippen molar-refractivity contribution in [3.05, 3.63) is 0 Å². The van der Waals surface area contributed by atoms with Gasteiger partial charge >= 0.3 is 0 Å². The lowest BCUT2D eigenvalue weighted by Gasteiger charge is -2.40. The zero-order valence-corrected chi connectivity index (χ0v) is 12.5. The second-order valence-corrected chi connectivity index (χ2v) is 4.91. The molecule has 18 heavy (non-hydrogen) atoms. The van der Waals surface area contributed by atoms with Crippen molar-refractivity contribution >= 4 is 30.7 Å². The zero-order chi connectivity index (χ0) is 11.4. The van der Waals surface area contributed by atoms with E-state index in [9.17, 15) is 4.79 Å². The summed E-state index contributed by atoms with van der Waals surface area (Å²) in [7, 11) is 0. The van der Waals surface area contributed by atoms with Gasteiger partial charge in [-0.25, -0.2) is 0 Å². The summed E-state index contributed by atoms with van der Waals surface area (Å²) in [6.45, 7) is 4.48. The molecule has 0 aromatic heterocycles. The number of piperidine rings is 2. The highest BCUT2D eigenvalue weighted by molar-refractivity contribution is 5.85. The van der Waals surface area contributed by atoms with Crippen molar-refractivity contribution in [3.63, 3.8) is 0 Å². The molecule has 0 aromatic carbocycles. The summed E-state index contributed by atoms with van der Waals surface area (Å²) in [5.74, 6) is 0.108. The first kappa shape index (κ1) is 18.0. The molecular weight excluding hydrogens is 273 g/mol. The molecule has 2 aliphatic rings. The summed E-state index contributed by atoms with van der Waals surface area (Å²) in [5, 5.41) is 0. The Morgan fingerprint density at radius 2 is 1.56 bits per heavy atom. The van der Waals surface area contributed by atoms with Gasteiger partial charge in [0.05, 0.1) is 6.54 Å². The molecule has 0 saturated carbocycles. The standard InChI is InChI=1S/C12H23N3O.2ClH/c13-10-12(16)15-8-4-11(5-9-15)14-6-2-1-3-7-14;;/h11H,1-10,13H2;2*1H. The van der Waals surface area contributed by atoms with Crippen molar-refractivity contribution in [2.75, 3.05) is 32.7 Å². The molecule has 6 heteroatoms. The summed E-state index contributed by atoms with van der Waals surface area (Å²) >= 11 is 0. The van der Waals surface area contributed by atoms with E-state index in [0.29, 0.717) is 6.04 Å². The first-order chi connectivity index (χ1) is 7.81. The van der Waals surface area contributed by atoms with E-state index >= 15 is 0 Å². The highest BCUT2D eigenvalue weighted by Gasteiger charge is 2.26. The number of hydrogen-bond acceptors (Lipinski definition) is 3. The lowest BCUT2D eigenvalue weighted by atomic mass is 10.00. The molecule has 0 aliphatic carbocycles. The maximum absolute atomic E-state index is 11.4. The van der Waals surface area contributed by atoms with Gasteiger partial charge in [-0.3, -0.25) is 4.79 Å². The average molecular weight is 298 g/mol. The Hall–Kier alpha value is -0.0300. The molecule has 2 saturated heterocycles. The van der Waals surface area contributed by atoms with Crippen LogP contribution in [0, 0.1) is 0 Å². The second-order valence-electron chi connectivity index (χ2n) is 4.91. The molecule has 0 spiro atoms. The Morgan fingerprint density at radius 3 is 2.06 bits per heavy atom. The highest BCUT2D eigenvalue weighted by Crippen LogP contribution is 2.20. The minimum Gasteiger partial charge on any atom is -0.341 e. The Labute approximate surface area is 122 Å². The number of amides is 1. The largest absolute Gasteiger partial charge is 0.341 e. The molecule has 4 nitrogen and oxygen atoms in total. The number of carbonyl (C=O) groups excluding carboxylic acids is 1. The van der Waals surface area contributed by atoms with Crippen LogP contribution in [0.1, 0.15) is 32.1 Å². The fraction of sp³-hybridized carbons (Fsp3) is 0.917. The quantitative estimate of drug-likeness (QED) is 0.835. The maximum Gasteiger partial charge on any atom is 0.236 e. The van der Waals surface area contributed by atoms with Crippen LogP contribution in [-0.2, 0) is 4.79 Å². The van der Waals surface area contributed by atoms with Crippen LogP contribution in [0.4, 0.5) is 0 Å². The Balaban J connectivity index is 0.00000144. The SMILES string of the molecule is Cl.Cl.NCC(=O)N1CCC(N2CCCCC2)CC1. The van der Waals surface area contributed by atoms with Crippen LogP contribution in [0.5, 0.6) is 0 Å². The van der Waals surface area contributed by atoms with E-state index in [2.05, 4.69) is 4.90 Å². The second kappa shape index (κ2) is 8.97. The van der Waals surface area contributed by atoms with Crippen LogP contribution < -0.4 is 5.73 Å². The van der Waals surface area contributed by atoms with Gasteiger partial charge in [0.1, 0.15) is 0 Å². The molecule has 0 unspecified atom stereocenters. The Kier molecular flexibility index (Phi) is 8.95. The third-order valence-electron chi connectivity index (χ3n) is 3.90. The fourth-order valence-corrected chi connectivity index (χ4v) is 2.89. The number of hydrogen-bond donors (Lipinski definition) is 1. The normalized spacial score (nSPS) is 21.9. The minimum atomic E-state index is 0. The van der Waals surface area contributed by atoms with E-state index in [-0.39, 0.29) is 37.3 Å². The Bertz CT molecular complexity index is 239. The van der Waals surface area contributed by atoms with E-state index in [4.69, 9.17) is 5.73 Å². The molecule has 0 radical (unpaired) electrons. The maximum atomic E-state index is 11.4. The summed E-state index contributed by atoms with van der Waals surface area (Å²) in [6, 6.07) is 0.710. The van der Waals surface area contributed by atoms with E-state index in [0.717, 1.165) is 25.9 Å². The van der Waals surface area contributed by atoms with Crippen molar-refractivity contribution in [1.82, 2.24) is 9.80 Å². The summed E-state index contributed by atoms with van der Waals surface area (Å²) in [5.41, 5.74) is 5.38. The molecule has 108 valence electrons. The van der Waals surface area contributed by atoms with Gasteiger partial charge in [0.2, 0.25) is 5.91 Å². The minimum absolute atomic E-state index is 0. The number of halogens is 2. The number of likely N-dealkylation sites (tertiary alicyclic amines) is 2. The topological polar surface area (TPSA) is 49.6 Å². The summed E-state index contributed by atoms with van der Waals surface area (Å²) < 4.78 is 0. The van der Waals surface area contributed by atoms with Gasteiger partial charge in [-0.05, 0) is 38.8 Å². The molecule has 1 amide bonds. The van der Waals surface area contributed by atoms with Gasteiger partial charge in [0.25, 0.3) is 0 Å². The predicted octanol–water partition coefficient (Wildman–Crippen LogP) is 1.27. The van der Waals surface area contributed by atoms with Gasteiger partial charge in [0.15, 0.2) is 0 Å². The summed E-state index contributed by atoms with van der Waals surface area (Å²) in [6.07, 6.45) is 6.35. The third kappa shape index (κ3) is 4.57. The smallest absolute Gasteiger partial charge is 0.236 e. The molecule has 2 rings (SSSR count). The molecule has 2 N–H and O–H groups in total. The molecule has 2 fully saturated rings. The van der Waals surface area contributed by atoms with Crippen molar-refractivity contribution in [2.24, 2.45) is 5.73 Å². The number of nitrogens with zero attached hydrogens (tertiary/aromatic N) is 2. The molecule has 0 atom stereocenters. The van der Waals surface area contributed by atoms with Crippen molar-refractivity contribution < 1.29 is 4.79 Å². The van der Waals surface area contributed by atoms with Crippen molar-refractivity contribution in [3.8, 4) is 0 Å². The number of nitrogens with two attached hydrogens (primary N) is 1. The summed E-state index contributed by atoms with van der Waals surface area (Å²) in [4.78, 5) is 16.0. The van der Waals surface area contributed by atoms with E-state index in [1.807, 2.05) is 4.90 Å². The lowest BCUT2D eigenvalue weighted by Crippen LogP contribution is -2.49. The van der Waals surface area contributed by atoms with Crippen LogP contribution in [0.15, 0.2) is 0 Å². The monoisotopic (exact) mass is 297 g/mol. The van der Waals surface area contributed by atoms with Crippen LogP contribution in [-0.4, -0.2) is 54.5 Å². The molecule has 2 aliphatic heterocycles. The molecule has 0 aromatic rings. The van der Waals surface area contributed by atoms with E-state index < -0.39 is 0 Å². The van der Waals surface area contributed by atoms with Crippen molar-refractivity contribution in [2.45, 2.75) is 38.1 Å². The van der Waals surface area contributed by atoms with Gasteiger partial charge < -0.3 is 15.5 Å². The fourth-order valence-electron chi connectivity index (χ4n) is 2.89. The van der Waals surface area contributed by atoms with Crippen LogP contribution in [0.25, 0.3) is 0 Å². The first-order valence-electron chi connectivity index (χ1n) is 6.53. The van der Waals surface area contributed by atoms with Crippen molar-refractivity contribution in [1.29, 1.82) is 0 Å². The number of rotatable bonds is 2. The molecule has 2 heterocycles. The van der Waals surface area contributed by atoms with Gasteiger partial charge in [0, 0.05) is 19.1 Å². The van der Waals surface area contributed by atoms with Crippen LogP contribution in [0.3, 0.4) is 0 Å². The molecular formula is C12H25Cl2N3O. The molecule has 0 bridgehead atoms. The third-order valence-corrected chi connectivity index (χ3v) is 3.90. The highest BCUT2D eigenvalue weighted by atomic mass is 35.5. The van der Waals surface area contributed by atoms with Gasteiger partial charge in [-0.15, -0.1) is 24.8 Å². The van der Waals surface area contributed by atoms with Gasteiger partial charge in [-0.2, -0.15) is 0 Å². The van der Waals surface area contributed by atoms with E-state index in [1.54, 1.807) is 0 Å². The average Bonchev–Trinajstić information content (AvgIpc) is 2.39. The van der Waals surface area contributed by atoms with Gasteiger partial charge in [-0.1, -0.05) is 6.42 Å². The van der Waals surface area contributed by atoms with Crippen LogP contribution in [0.2, 0.25) is 0 Å². The Morgan fingerprint density at radius 1 is 1.00 bits per heavy atom. The predicted molar refractivity (Wildman–Crippen MR) is 78.6 cm³/mol. The van der Waals surface area contributed by atoms with Crippen LogP contribution >= 0.6 is 24.8 Å².